The molecule has 3 heterocycles. The second-order valence-corrected chi connectivity index (χ2v) is 8.40. The lowest BCUT2D eigenvalue weighted by Gasteiger charge is -2.32. The van der Waals surface area contributed by atoms with Gasteiger partial charge in [0.1, 0.15) is 24.3 Å². The third-order valence-electron chi connectivity index (χ3n) is 4.94. The van der Waals surface area contributed by atoms with Gasteiger partial charge in [0.15, 0.2) is 5.13 Å². The molecule has 1 atom stereocenters. The number of anilines is 2. The van der Waals surface area contributed by atoms with E-state index in [0.717, 1.165) is 15.3 Å². The Labute approximate surface area is 199 Å². The Morgan fingerprint density at radius 2 is 2.12 bits per heavy atom. The fraction of sp³-hybridized carbons (Fsp3) is 0.318. The zero-order chi connectivity index (χ0) is 23.9. The number of aryl methyl sites for hydroxylation is 1. The third-order valence-corrected chi connectivity index (χ3v) is 5.90. The van der Waals surface area contributed by atoms with Crippen LogP contribution in [-0.4, -0.2) is 75.9 Å². The SMILES string of the molecule is Cc1nc(Nc2ncc(-c3ccccc3)s2)cc(OCCNC(=O)[C@@H]2COCCN2C(=O)O)n1. The molecule has 11 nitrogen and oxygen atoms in total. The Morgan fingerprint density at radius 3 is 2.91 bits per heavy atom. The second kappa shape index (κ2) is 10.9. The molecule has 4 rings (SSSR count). The predicted octanol–water partition coefficient (Wildman–Crippen LogP) is 2.53. The van der Waals surface area contributed by atoms with E-state index >= 15 is 0 Å². The van der Waals surface area contributed by atoms with E-state index in [0.29, 0.717) is 22.7 Å². The summed E-state index contributed by atoms with van der Waals surface area (Å²) in [6.07, 6.45) is 0.659. The van der Waals surface area contributed by atoms with Crippen LogP contribution < -0.4 is 15.4 Å². The van der Waals surface area contributed by atoms with Crippen molar-refractivity contribution >= 4 is 34.3 Å². The lowest BCUT2D eigenvalue weighted by molar-refractivity contribution is -0.131. The number of hydrogen-bond donors (Lipinski definition) is 3. The highest BCUT2D eigenvalue weighted by molar-refractivity contribution is 7.18. The largest absolute Gasteiger partial charge is 0.476 e. The number of carbonyl (C=O) groups is 2. The molecule has 1 aliphatic rings. The van der Waals surface area contributed by atoms with Crippen molar-refractivity contribution in [2.75, 3.05) is 38.2 Å². The van der Waals surface area contributed by atoms with Gasteiger partial charge in [-0.25, -0.2) is 14.8 Å². The topological polar surface area (TPSA) is 139 Å². The maximum Gasteiger partial charge on any atom is 0.408 e. The van der Waals surface area contributed by atoms with Crippen molar-refractivity contribution in [3.63, 3.8) is 0 Å². The molecule has 0 unspecified atom stereocenters. The van der Waals surface area contributed by atoms with Gasteiger partial charge in [-0.3, -0.25) is 9.69 Å². The van der Waals surface area contributed by atoms with Gasteiger partial charge in [0.2, 0.25) is 11.8 Å². The van der Waals surface area contributed by atoms with Gasteiger partial charge in [0.05, 0.1) is 24.6 Å². The molecule has 0 bridgehead atoms. The number of carbonyl (C=O) groups excluding carboxylic acids is 1. The first-order valence-electron chi connectivity index (χ1n) is 10.6. The van der Waals surface area contributed by atoms with Crippen LogP contribution in [0.5, 0.6) is 5.88 Å². The number of carboxylic acid groups (broad SMARTS) is 1. The van der Waals surface area contributed by atoms with E-state index in [4.69, 9.17) is 9.47 Å². The summed E-state index contributed by atoms with van der Waals surface area (Å²) in [5.41, 5.74) is 1.09. The molecule has 2 aromatic heterocycles. The van der Waals surface area contributed by atoms with Gasteiger partial charge in [0.25, 0.3) is 0 Å². The van der Waals surface area contributed by atoms with Crippen LogP contribution in [0.25, 0.3) is 10.4 Å². The van der Waals surface area contributed by atoms with Crippen LogP contribution >= 0.6 is 11.3 Å². The van der Waals surface area contributed by atoms with Crippen LogP contribution in [0.3, 0.4) is 0 Å². The van der Waals surface area contributed by atoms with Crippen LogP contribution in [0.15, 0.2) is 42.6 Å². The van der Waals surface area contributed by atoms with Crippen LogP contribution in [0, 0.1) is 6.92 Å². The van der Waals surface area contributed by atoms with E-state index in [-0.39, 0.29) is 32.9 Å². The van der Waals surface area contributed by atoms with Gasteiger partial charge in [-0.15, -0.1) is 0 Å². The van der Waals surface area contributed by atoms with E-state index in [1.165, 1.54) is 11.3 Å². The van der Waals surface area contributed by atoms with E-state index in [1.54, 1.807) is 19.2 Å². The van der Waals surface area contributed by atoms with Crippen molar-refractivity contribution in [3.8, 4) is 16.3 Å². The average molecular weight is 485 g/mol. The molecule has 0 radical (unpaired) electrons. The molecule has 1 aliphatic heterocycles. The molecule has 0 spiro atoms. The number of morpholine rings is 1. The highest BCUT2D eigenvalue weighted by Crippen LogP contribution is 2.30. The number of hydrogen-bond acceptors (Lipinski definition) is 9. The van der Waals surface area contributed by atoms with Crippen molar-refractivity contribution in [3.05, 3.63) is 48.4 Å². The molecule has 12 heteroatoms. The minimum Gasteiger partial charge on any atom is -0.476 e. The summed E-state index contributed by atoms with van der Waals surface area (Å²) in [7, 11) is 0. The molecule has 0 saturated carbocycles. The zero-order valence-corrected chi connectivity index (χ0v) is 19.2. The summed E-state index contributed by atoms with van der Waals surface area (Å²) in [4.78, 5) is 38.8. The minimum absolute atomic E-state index is 0.0296. The molecule has 178 valence electrons. The Bertz CT molecular complexity index is 1140. The molecule has 1 fully saturated rings. The summed E-state index contributed by atoms with van der Waals surface area (Å²) in [5, 5.41) is 15.8. The normalized spacial score (nSPS) is 15.6. The Kier molecular flexibility index (Phi) is 7.50. The van der Waals surface area contributed by atoms with Gasteiger partial charge < -0.3 is 25.2 Å². The number of benzene rings is 1. The maximum atomic E-state index is 12.3. The van der Waals surface area contributed by atoms with Crippen molar-refractivity contribution in [2.45, 2.75) is 13.0 Å². The Hall–Kier alpha value is -3.77. The number of nitrogens with one attached hydrogen (secondary N) is 2. The number of rotatable bonds is 8. The monoisotopic (exact) mass is 484 g/mol. The van der Waals surface area contributed by atoms with Crippen LogP contribution in [0.4, 0.5) is 15.7 Å². The second-order valence-electron chi connectivity index (χ2n) is 7.37. The molecule has 3 aromatic rings. The minimum atomic E-state index is -1.15. The van der Waals surface area contributed by atoms with Crippen molar-refractivity contribution in [1.82, 2.24) is 25.2 Å². The fourth-order valence-electron chi connectivity index (χ4n) is 3.35. The van der Waals surface area contributed by atoms with Gasteiger partial charge >= 0.3 is 6.09 Å². The van der Waals surface area contributed by atoms with Crippen molar-refractivity contribution in [2.24, 2.45) is 0 Å². The lowest BCUT2D eigenvalue weighted by Crippen LogP contribution is -2.55. The summed E-state index contributed by atoms with van der Waals surface area (Å²) in [6, 6.07) is 10.8. The highest BCUT2D eigenvalue weighted by Gasteiger charge is 2.32. The van der Waals surface area contributed by atoms with E-state index in [1.807, 2.05) is 30.3 Å². The Balaban J connectivity index is 1.30. The number of aromatic nitrogens is 3. The molecule has 2 amide bonds. The molecule has 34 heavy (non-hydrogen) atoms. The fourth-order valence-corrected chi connectivity index (χ4v) is 4.18. The molecule has 1 aromatic carbocycles. The summed E-state index contributed by atoms with van der Waals surface area (Å²) >= 11 is 1.51. The smallest absolute Gasteiger partial charge is 0.408 e. The van der Waals surface area contributed by atoms with E-state index < -0.39 is 18.0 Å². The number of ether oxygens (including phenoxy) is 2. The third kappa shape index (κ3) is 5.97. The van der Waals surface area contributed by atoms with Crippen LogP contribution in [0.1, 0.15) is 5.82 Å². The van der Waals surface area contributed by atoms with Gasteiger partial charge in [-0.05, 0) is 12.5 Å². The van der Waals surface area contributed by atoms with Crippen LogP contribution in [-0.2, 0) is 9.53 Å². The first-order valence-corrected chi connectivity index (χ1v) is 11.4. The molecular weight excluding hydrogens is 460 g/mol. The predicted molar refractivity (Wildman–Crippen MR) is 125 cm³/mol. The summed E-state index contributed by atoms with van der Waals surface area (Å²) in [6.45, 7) is 2.55. The summed E-state index contributed by atoms with van der Waals surface area (Å²) in [5.74, 6) is 0.972. The first kappa shape index (κ1) is 23.4. The zero-order valence-electron chi connectivity index (χ0n) is 18.4. The lowest BCUT2D eigenvalue weighted by atomic mass is 10.2. The summed E-state index contributed by atoms with van der Waals surface area (Å²) < 4.78 is 10.9. The maximum absolute atomic E-state index is 12.3. The molecule has 1 saturated heterocycles. The number of nitrogens with zero attached hydrogens (tertiary/aromatic N) is 4. The highest BCUT2D eigenvalue weighted by atomic mass is 32.1. The van der Waals surface area contributed by atoms with Crippen LogP contribution in [0.2, 0.25) is 0 Å². The van der Waals surface area contributed by atoms with Crippen molar-refractivity contribution < 1.29 is 24.2 Å². The number of thiazole rings is 1. The van der Waals surface area contributed by atoms with Gasteiger partial charge in [-0.1, -0.05) is 41.7 Å². The first-order chi connectivity index (χ1) is 16.5. The molecule has 0 aliphatic carbocycles. The van der Waals surface area contributed by atoms with Gasteiger partial charge in [0, 0.05) is 18.8 Å². The average Bonchev–Trinajstić information content (AvgIpc) is 3.30. The van der Waals surface area contributed by atoms with E-state index in [2.05, 4.69) is 25.6 Å². The quantitative estimate of drug-likeness (QED) is 0.412. The molecular formula is C22H24N6O5S. The van der Waals surface area contributed by atoms with Crippen molar-refractivity contribution in [1.29, 1.82) is 0 Å². The standard InChI is InChI=1S/C22H24N6O5S/c1-14-25-18(27-21-24-12-17(34-21)15-5-3-2-4-6-15)11-19(26-14)33-9-7-23-20(29)16-13-32-10-8-28(16)22(30)31/h2-6,11-12,16H,7-10,13H2,1H3,(H,23,29)(H,30,31)(H,24,25,26,27)/t16-/m0/s1. The molecule has 3 N–H and O–H groups in total. The van der Waals surface area contributed by atoms with E-state index in [9.17, 15) is 14.7 Å². The number of amides is 2. The Morgan fingerprint density at radius 1 is 1.29 bits per heavy atom. The van der Waals surface area contributed by atoms with Gasteiger partial charge in [-0.2, -0.15) is 4.98 Å².